The lowest BCUT2D eigenvalue weighted by Gasteiger charge is -2.31. The summed E-state index contributed by atoms with van der Waals surface area (Å²) in [6.45, 7) is 1.67. The van der Waals surface area contributed by atoms with Crippen molar-refractivity contribution in [1.29, 1.82) is 0 Å². The fourth-order valence-corrected chi connectivity index (χ4v) is 6.19. The van der Waals surface area contributed by atoms with Gasteiger partial charge in [-0.2, -0.15) is 0 Å². The lowest BCUT2D eigenvalue weighted by atomic mass is 9.98. The normalized spacial score (nSPS) is 14.9. The summed E-state index contributed by atoms with van der Waals surface area (Å²) >= 11 is 0. The topological polar surface area (TPSA) is 110 Å². The number of hydrogen-bond acceptors (Lipinski definition) is 7. The van der Waals surface area contributed by atoms with Gasteiger partial charge in [0.25, 0.3) is 0 Å². The van der Waals surface area contributed by atoms with Gasteiger partial charge < -0.3 is 15.8 Å². The van der Waals surface area contributed by atoms with E-state index in [4.69, 9.17) is 10.5 Å². The largest absolute Gasteiger partial charge is 0.457 e. The van der Waals surface area contributed by atoms with Crippen LogP contribution in [0.25, 0.3) is 17.2 Å². The summed E-state index contributed by atoms with van der Waals surface area (Å²) in [5, 5.41) is 3.44. The number of hydrogen-bond donors (Lipinski definition) is 2. The third-order valence-corrected chi connectivity index (χ3v) is 8.93. The van der Waals surface area contributed by atoms with Gasteiger partial charge in [-0.1, -0.05) is 85.0 Å². The Bertz CT molecular complexity index is 1600. The second-order valence-corrected chi connectivity index (χ2v) is 12.1. The lowest BCUT2D eigenvalue weighted by molar-refractivity contribution is 0.283. The third kappa shape index (κ3) is 7.84. The Labute approximate surface area is 247 Å². The molecular weight excluding hydrogens is 546 g/mol. The first-order valence-electron chi connectivity index (χ1n) is 14.0. The molecule has 42 heavy (non-hydrogen) atoms. The van der Waals surface area contributed by atoms with Crippen molar-refractivity contribution < 1.29 is 13.2 Å². The van der Waals surface area contributed by atoms with Crippen molar-refractivity contribution >= 4 is 27.7 Å². The molecule has 1 aliphatic heterocycles. The van der Waals surface area contributed by atoms with Crippen molar-refractivity contribution in [3.05, 3.63) is 115 Å². The van der Waals surface area contributed by atoms with Gasteiger partial charge in [0, 0.05) is 19.6 Å². The first-order chi connectivity index (χ1) is 20.5. The Morgan fingerprint density at radius 1 is 0.881 bits per heavy atom. The highest BCUT2D eigenvalue weighted by atomic mass is 32.2. The van der Waals surface area contributed by atoms with E-state index >= 15 is 0 Å². The maximum absolute atomic E-state index is 12.9. The summed E-state index contributed by atoms with van der Waals surface area (Å²) in [5.74, 6) is 2.83. The number of piperidine rings is 1. The summed E-state index contributed by atoms with van der Waals surface area (Å²) in [7, 11) is -3.35. The molecule has 1 aromatic heterocycles. The number of nitrogen functional groups attached to an aromatic ring is 1. The van der Waals surface area contributed by atoms with E-state index in [1.165, 1.54) is 6.33 Å². The number of ether oxygens (including phenoxy) is 1. The van der Waals surface area contributed by atoms with Crippen LogP contribution < -0.4 is 15.8 Å². The van der Waals surface area contributed by atoms with E-state index in [-0.39, 0.29) is 5.75 Å². The first-order valence-corrected chi connectivity index (χ1v) is 15.6. The highest BCUT2D eigenvalue weighted by molar-refractivity contribution is 7.89. The predicted molar refractivity (Wildman–Crippen MR) is 170 cm³/mol. The smallest absolute Gasteiger partial charge is 0.217 e. The van der Waals surface area contributed by atoms with E-state index < -0.39 is 10.0 Å². The van der Waals surface area contributed by atoms with Crippen LogP contribution in [0.5, 0.6) is 11.5 Å². The molecule has 3 aromatic carbocycles. The quantitative estimate of drug-likeness (QED) is 0.202. The van der Waals surface area contributed by atoms with Crippen LogP contribution in [-0.4, -0.2) is 48.1 Å². The van der Waals surface area contributed by atoms with Gasteiger partial charge in [-0.15, -0.1) is 0 Å². The lowest BCUT2D eigenvalue weighted by Crippen LogP contribution is -2.40. The fraction of sp³-hybridized carbons (Fsp3) is 0.212. The van der Waals surface area contributed by atoms with Gasteiger partial charge in [0.05, 0.1) is 11.3 Å². The standard InChI is InChI=1S/C33H35N5O3S/c34-32-31(28-15-17-30(18-16-28)41-29-13-7-2-8-14-29)33(37-25-36-32)35-24-27-19-21-38(22-20-27)42(39,40)23-9-3-6-12-26-10-4-1-5-11-26/h1-18,25,27H,19-24H2,(H3,34,35,36,37)/b9-3+,12-6?. The highest BCUT2D eigenvalue weighted by Crippen LogP contribution is 2.33. The zero-order chi connectivity index (χ0) is 29.2. The minimum absolute atomic E-state index is 0.00615. The van der Waals surface area contributed by atoms with Gasteiger partial charge in [-0.05, 0) is 54.2 Å². The molecule has 4 aromatic rings. The number of para-hydroxylation sites is 1. The molecule has 1 saturated heterocycles. The van der Waals surface area contributed by atoms with Crippen LogP contribution in [0.2, 0.25) is 0 Å². The van der Waals surface area contributed by atoms with Gasteiger partial charge in [0.2, 0.25) is 10.0 Å². The average molecular weight is 582 g/mol. The minimum atomic E-state index is -3.35. The maximum Gasteiger partial charge on any atom is 0.217 e. The zero-order valence-electron chi connectivity index (χ0n) is 23.3. The van der Waals surface area contributed by atoms with Gasteiger partial charge in [0.1, 0.15) is 29.5 Å². The van der Waals surface area contributed by atoms with Crippen molar-refractivity contribution in [2.45, 2.75) is 12.8 Å². The van der Waals surface area contributed by atoms with Gasteiger partial charge in [0.15, 0.2) is 0 Å². The van der Waals surface area contributed by atoms with E-state index in [2.05, 4.69) is 15.3 Å². The first kappa shape index (κ1) is 29.0. The van der Waals surface area contributed by atoms with Crippen LogP contribution in [0.3, 0.4) is 0 Å². The van der Waals surface area contributed by atoms with E-state index in [9.17, 15) is 8.42 Å². The number of nitrogens with zero attached hydrogens (tertiary/aromatic N) is 3. The van der Waals surface area contributed by atoms with E-state index in [1.54, 1.807) is 16.5 Å². The van der Waals surface area contributed by atoms with Gasteiger partial charge in [-0.3, -0.25) is 0 Å². The monoisotopic (exact) mass is 581 g/mol. The second-order valence-electron chi connectivity index (χ2n) is 10.1. The number of anilines is 2. The van der Waals surface area contributed by atoms with Crippen molar-refractivity contribution in [3.63, 3.8) is 0 Å². The number of benzene rings is 3. The maximum atomic E-state index is 12.9. The number of rotatable bonds is 11. The van der Waals surface area contributed by atoms with Crippen molar-refractivity contribution in [2.24, 2.45) is 5.92 Å². The zero-order valence-corrected chi connectivity index (χ0v) is 24.2. The van der Waals surface area contributed by atoms with Crippen LogP contribution in [0.15, 0.2) is 109 Å². The highest BCUT2D eigenvalue weighted by Gasteiger charge is 2.27. The van der Waals surface area contributed by atoms with Gasteiger partial charge in [-0.25, -0.2) is 22.7 Å². The van der Waals surface area contributed by atoms with E-state index in [1.807, 2.05) is 97.1 Å². The molecule has 0 aliphatic carbocycles. The van der Waals surface area contributed by atoms with Crippen LogP contribution in [0.4, 0.5) is 11.6 Å². The summed E-state index contributed by atoms with van der Waals surface area (Å²) in [5.41, 5.74) is 8.96. The fourth-order valence-electron chi connectivity index (χ4n) is 4.86. The molecule has 0 radical (unpaired) electrons. The molecule has 0 unspecified atom stereocenters. The SMILES string of the molecule is Nc1ncnc(NCC2CCN(S(=O)(=O)C/C=C/C=Cc3ccccc3)CC2)c1-c1ccc(Oc2ccccc2)cc1. The van der Waals surface area contributed by atoms with E-state index in [0.717, 1.165) is 41.0 Å². The molecule has 2 heterocycles. The summed E-state index contributed by atoms with van der Waals surface area (Å²) in [6, 6.07) is 27.2. The number of allylic oxidation sites excluding steroid dienone is 2. The van der Waals surface area contributed by atoms with Crippen LogP contribution in [-0.2, 0) is 10.0 Å². The molecule has 0 bridgehead atoms. The summed E-state index contributed by atoms with van der Waals surface area (Å²) < 4.78 is 33.2. The number of sulfonamides is 1. The molecule has 0 amide bonds. The Hall–Kier alpha value is -4.47. The number of nitrogens with two attached hydrogens (primary N) is 1. The molecule has 0 spiro atoms. The second kappa shape index (κ2) is 13.9. The van der Waals surface area contributed by atoms with Gasteiger partial charge >= 0.3 is 0 Å². The Morgan fingerprint density at radius 3 is 2.26 bits per heavy atom. The van der Waals surface area contributed by atoms with Crippen molar-refractivity contribution in [3.8, 4) is 22.6 Å². The molecule has 1 fully saturated rings. The molecule has 216 valence electrons. The molecule has 0 saturated carbocycles. The third-order valence-electron chi connectivity index (χ3n) is 7.17. The minimum Gasteiger partial charge on any atom is -0.457 e. The van der Waals surface area contributed by atoms with Crippen LogP contribution in [0.1, 0.15) is 18.4 Å². The molecule has 0 atom stereocenters. The Morgan fingerprint density at radius 2 is 1.55 bits per heavy atom. The van der Waals surface area contributed by atoms with Crippen LogP contribution in [0, 0.1) is 5.92 Å². The Balaban J connectivity index is 1.13. The Kier molecular flexibility index (Phi) is 9.63. The van der Waals surface area contributed by atoms with Crippen LogP contribution >= 0.6 is 0 Å². The average Bonchev–Trinajstić information content (AvgIpc) is 3.02. The van der Waals surface area contributed by atoms with Crippen molar-refractivity contribution in [2.75, 3.05) is 36.4 Å². The van der Waals surface area contributed by atoms with E-state index in [0.29, 0.717) is 37.2 Å². The molecule has 3 N–H and O–H groups in total. The molecule has 1 aliphatic rings. The van der Waals surface area contributed by atoms with Crippen molar-refractivity contribution in [1.82, 2.24) is 14.3 Å². The number of aromatic nitrogens is 2. The molecule has 5 rings (SSSR count). The number of nitrogens with one attached hydrogen (secondary N) is 1. The summed E-state index contributed by atoms with van der Waals surface area (Å²) in [4.78, 5) is 8.66. The molecule has 9 heteroatoms. The molecular formula is C33H35N5O3S. The summed E-state index contributed by atoms with van der Waals surface area (Å²) in [6.07, 6.45) is 10.3. The predicted octanol–water partition coefficient (Wildman–Crippen LogP) is 6.24. The molecule has 8 nitrogen and oxygen atoms in total.